The Balaban J connectivity index is 3.93. The maximum Gasteiger partial charge on any atom is 0.323 e. The van der Waals surface area contributed by atoms with Gasteiger partial charge in [0.2, 0.25) is 0 Å². The van der Waals surface area contributed by atoms with Gasteiger partial charge in [0.1, 0.15) is 11.6 Å². The molecule has 5 nitrogen and oxygen atoms in total. The molecule has 0 saturated heterocycles. The van der Waals surface area contributed by atoms with Crippen LogP contribution in [0.25, 0.3) is 0 Å². The second-order valence-electron chi connectivity index (χ2n) is 4.48. The van der Waals surface area contributed by atoms with Crippen molar-refractivity contribution in [3.63, 3.8) is 0 Å². The van der Waals surface area contributed by atoms with Gasteiger partial charge in [-0.15, -0.1) is 0 Å². The summed E-state index contributed by atoms with van der Waals surface area (Å²) in [5.41, 5.74) is 5.03. The third kappa shape index (κ3) is 7.23. The van der Waals surface area contributed by atoms with E-state index in [1.165, 1.54) is 0 Å². The fourth-order valence-electron chi connectivity index (χ4n) is 1.00. The molecule has 94 valence electrons. The molecule has 0 aromatic heterocycles. The number of rotatable bonds is 5. The van der Waals surface area contributed by atoms with Gasteiger partial charge in [0.05, 0.1) is 6.61 Å². The van der Waals surface area contributed by atoms with Gasteiger partial charge in [0.15, 0.2) is 0 Å². The highest BCUT2D eigenvalue weighted by molar-refractivity contribution is 5.77. The van der Waals surface area contributed by atoms with E-state index in [1.807, 2.05) is 0 Å². The number of esters is 2. The van der Waals surface area contributed by atoms with E-state index >= 15 is 0 Å². The molecule has 0 amide bonds. The van der Waals surface area contributed by atoms with Gasteiger partial charge >= 0.3 is 11.9 Å². The molecule has 0 aliphatic rings. The summed E-state index contributed by atoms with van der Waals surface area (Å²) < 4.78 is 9.80. The van der Waals surface area contributed by atoms with Gasteiger partial charge in [0.25, 0.3) is 0 Å². The first kappa shape index (κ1) is 14.9. The third-order valence-electron chi connectivity index (χ3n) is 1.67. The van der Waals surface area contributed by atoms with Crippen molar-refractivity contribution in [2.24, 2.45) is 5.73 Å². The predicted octanol–water partition coefficient (Wildman–Crippen LogP) is 0.999. The minimum atomic E-state index is -0.774. The third-order valence-corrected chi connectivity index (χ3v) is 1.67. The van der Waals surface area contributed by atoms with Crippen LogP contribution in [0.15, 0.2) is 0 Å². The van der Waals surface area contributed by atoms with Gasteiger partial charge in [-0.2, -0.15) is 0 Å². The van der Waals surface area contributed by atoms with E-state index < -0.39 is 17.6 Å². The zero-order valence-electron chi connectivity index (χ0n) is 10.4. The molecule has 5 heteroatoms. The Hall–Kier alpha value is -1.10. The fourth-order valence-corrected chi connectivity index (χ4v) is 1.00. The summed E-state index contributed by atoms with van der Waals surface area (Å²) in [7, 11) is 0. The molecule has 0 rings (SSSR count). The fraction of sp³-hybridized carbons (Fsp3) is 0.818. The Labute approximate surface area is 96.3 Å². The summed E-state index contributed by atoms with van der Waals surface area (Å²) in [6, 6.07) is -0.774. The standard InChI is InChI=1S/C11H21NO4/c1-5-15-9(13)7-6-8(12)10(14)16-11(2,3)4/h8H,5-7,12H2,1-4H3. The zero-order valence-corrected chi connectivity index (χ0v) is 10.4. The van der Waals surface area contributed by atoms with Crippen molar-refractivity contribution in [2.75, 3.05) is 6.61 Å². The number of hydrogen-bond acceptors (Lipinski definition) is 5. The van der Waals surface area contributed by atoms with Crippen LogP contribution in [0, 0.1) is 0 Å². The lowest BCUT2D eigenvalue weighted by atomic mass is 10.1. The lowest BCUT2D eigenvalue weighted by Crippen LogP contribution is -2.37. The van der Waals surface area contributed by atoms with Gasteiger partial charge < -0.3 is 15.2 Å². The summed E-state index contributed by atoms with van der Waals surface area (Å²) >= 11 is 0. The molecular formula is C11H21NO4. The minimum absolute atomic E-state index is 0.133. The van der Waals surface area contributed by atoms with E-state index in [2.05, 4.69) is 0 Å². The lowest BCUT2D eigenvalue weighted by Gasteiger charge is -2.21. The van der Waals surface area contributed by atoms with E-state index in [4.69, 9.17) is 15.2 Å². The van der Waals surface area contributed by atoms with E-state index in [-0.39, 0.29) is 18.8 Å². The van der Waals surface area contributed by atoms with E-state index in [9.17, 15) is 9.59 Å². The Morgan fingerprint density at radius 2 is 1.88 bits per heavy atom. The van der Waals surface area contributed by atoms with Gasteiger partial charge in [-0.1, -0.05) is 0 Å². The highest BCUT2D eigenvalue weighted by atomic mass is 16.6. The second kappa shape index (κ2) is 6.48. The molecule has 0 radical (unpaired) electrons. The lowest BCUT2D eigenvalue weighted by molar-refractivity contribution is -0.156. The maximum absolute atomic E-state index is 11.4. The maximum atomic E-state index is 11.4. The average molecular weight is 231 g/mol. The molecule has 2 N–H and O–H groups in total. The molecule has 0 spiro atoms. The molecule has 0 aliphatic heterocycles. The number of ether oxygens (including phenoxy) is 2. The van der Waals surface area contributed by atoms with Gasteiger partial charge in [-0.3, -0.25) is 9.59 Å². The van der Waals surface area contributed by atoms with Crippen LogP contribution < -0.4 is 5.73 Å². The van der Waals surface area contributed by atoms with E-state index in [0.29, 0.717) is 6.61 Å². The van der Waals surface area contributed by atoms with Crippen molar-refractivity contribution in [3.8, 4) is 0 Å². The van der Waals surface area contributed by atoms with E-state index in [0.717, 1.165) is 0 Å². The molecule has 1 unspecified atom stereocenters. The summed E-state index contributed by atoms with van der Waals surface area (Å²) in [6.45, 7) is 7.36. The van der Waals surface area contributed by atoms with E-state index in [1.54, 1.807) is 27.7 Å². The van der Waals surface area contributed by atoms with Gasteiger partial charge in [-0.05, 0) is 34.1 Å². The quantitative estimate of drug-likeness (QED) is 0.714. The van der Waals surface area contributed by atoms with Crippen LogP contribution in [-0.4, -0.2) is 30.2 Å². The zero-order chi connectivity index (χ0) is 12.8. The van der Waals surface area contributed by atoms with Crippen molar-refractivity contribution in [3.05, 3.63) is 0 Å². The Morgan fingerprint density at radius 1 is 1.31 bits per heavy atom. The summed E-state index contributed by atoms with van der Waals surface area (Å²) in [5, 5.41) is 0. The molecule has 16 heavy (non-hydrogen) atoms. The van der Waals surface area contributed by atoms with Crippen molar-refractivity contribution in [1.29, 1.82) is 0 Å². The Bertz CT molecular complexity index is 245. The average Bonchev–Trinajstić information content (AvgIpc) is 2.11. The minimum Gasteiger partial charge on any atom is -0.466 e. The SMILES string of the molecule is CCOC(=O)CCC(N)C(=O)OC(C)(C)C. The summed E-state index contributed by atoms with van der Waals surface area (Å²) in [6.07, 6.45) is 0.377. The van der Waals surface area contributed by atoms with Crippen LogP contribution in [0.1, 0.15) is 40.5 Å². The Morgan fingerprint density at radius 3 is 2.31 bits per heavy atom. The van der Waals surface area contributed by atoms with Gasteiger partial charge in [0, 0.05) is 6.42 Å². The number of hydrogen-bond donors (Lipinski definition) is 1. The van der Waals surface area contributed by atoms with Gasteiger partial charge in [-0.25, -0.2) is 0 Å². The molecule has 0 bridgehead atoms. The Kier molecular flexibility index (Phi) is 6.03. The number of carbonyl (C=O) groups is 2. The predicted molar refractivity (Wildman–Crippen MR) is 59.7 cm³/mol. The second-order valence-corrected chi connectivity index (χ2v) is 4.48. The van der Waals surface area contributed by atoms with Crippen LogP contribution in [0.4, 0.5) is 0 Å². The van der Waals surface area contributed by atoms with Crippen molar-refractivity contribution < 1.29 is 19.1 Å². The number of nitrogens with two attached hydrogens (primary N) is 1. The largest absolute Gasteiger partial charge is 0.466 e. The monoisotopic (exact) mass is 231 g/mol. The first-order chi connectivity index (χ1) is 7.26. The van der Waals surface area contributed by atoms with Crippen LogP contribution in [0.3, 0.4) is 0 Å². The van der Waals surface area contributed by atoms with Crippen molar-refractivity contribution in [1.82, 2.24) is 0 Å². The highest BCUT2D eigenvalue weighted by Crippen LogP contribution is 2.09. The summed E-state index contributed by atoms with van der Waals surface area (Å²) in [5.74, 6) is -0.835. The van der Waals surface area contributed by atoms with Crippen LogP contribution >= 0.6 is 0 Å². The number of carbonyl (C=O) groups excluding carboxylic acids is 2. The topological polar surface area (TPSA) is 78.6 Å². The first-order valence-electron chi connectivity index (χ1n) is 5.40. The molecule has 0 saturated carbocycles. The van der Waals surface area contributed by atoms with Crippen molar-refractivity contribution >= 4 is 11.9 Å². The van der Waals surface area contributed by atoms with Crippen molar-refractivity contribution in [2.45, 2.75) is 52.2 Å². The molecule has 0 aromatic carbocycles. The summed E-state index contributed by atoms with van der Waals surface area (Å²) in [4.78, 5) is 22.5. The van der Waals surface area contributed by atoms with Crippen LogP contribution in [0.5, 0.6) is 0 Å². The molecular weight excluding hydrogens is 210 g/mol. The molecule has 0 heterocycles. The van der Waals surface area contributed by atoms with Crippen LogP contribution in [0.2, 0.25) is 0 Å². The molecule has 0 aromatic rings. The molecule has 0 fully saturated rings. The van der Waals surface area contributed by atoms with Crippen LogP contribution in [-0.2, 0) is 19.1 Å². The normalized spacial score (nSPS) is 13.1. The highest BCUT2D eigenvalue weighted by Gasteiger charge is 2.22. The molecule has 0 aliphatic carbocycles. The molecule has 1 atom stereocenters. The smallest absolute Gasteiger partial charge is 0.323 e. The first-order valence-corrected chi connectivity index (χ1v) is 5.40.